The molecule has 7 nitrogen and oxygen atoms in total. The third-order valence-electron chi connectivity index (χ3n) is 2.77. The van der Waals surface area contributed by atoms with Gasteiger partial charge in [-0.15, -0.1) is 0 Å². The van der Waals surface area contributed by atoms with E-state index in [2.05, 4.69) is 15.3 Å². The molecule has 2 rings (SSSR count). The standard InChI is InChI=1S/C12H12N4O3/c1-8-9(3-2-4-10(8)16(18)19)7-15-11-12(17)14-6-5-13-11/h2-6H,7H2,1H3,(H,13,15)(H,14,17). The summed E-state index contributed by atoms with van der Waals surface area (Å²) in [4.78, 5) is 28.2. The van der Waals surface area contributed by atoms with Crippen LogP contribution in [0.5, 0.6) is 0 Å². The molecule has 1 aromatic heterocycles. The van der Waals surface area contributed by atoms with Gasteiger partial charge in [-0.1, -0.05) is 12.1 Å². The number of hydrogen-bond acceptors (Lipinski definition) is 5. The first-order valence-corrected chi connectivity index (χ1v) is 5.60. The van der Waals surface area contributed by atoms with Crippen molar-refractivity contribution in [1.29, 1.82) is 0 Å². The highest BCUT2D eigenvalue weighted by Gasteiger charge is 2.13. The molecule has 0 bridgehead atoms. The third kappa shape index (κ3) is 2.76. The summed E-state index contributed by atoms with van der Waals surface area (Å²) in [6.45, 7) is 1.98. The number of benzene rings is 1. The monoisotopic (exact) mass is 260 g/mol. The van der Waals surface area contributed by atoms with E-state index in [0.29, 0.717) is 12.1 Å². The van der Waals surface area contributed by atoms with Crippen molar-refractivity contribution in [3.63, 3.8) is 0 Å². The number of aromatic amines is 1. The fourth-order valence-electron chi connectivity index (χ4n) is 1.72. The zero-order valence-electron chi connectivity index (χ0n) is 10.2. The van der Waals surface area contributed by atoms with Crippen molar-refractivity contribution in [2.45, 2.75) is 13.5 Å². The third-order valence-corrected chi connectivity index (χ3v) is 2.77. The fraction of sp³-hybridized carbons (Fsp3) is 0.167. The molecular weight excluding hydrogens is 248 g/mol. The molecule has 98 valence electrons. The van der Waals surface area contributed by atoms with Gasteiger partial charge in [-0.05, 0) is 12.5 Å². The predicted octanol–water partition coefficient (Wildman–Crippen LogP) is 1.60. The van der Waals surface area contributed by atoms with Crippen LogP contribution in [0, 0.1) is 17.0 Å². The normalized spacial score (nSPS) is 10.2. The summed E-state index contributed by atoms with van der Waals surface area (Å²) < 4.78 is 0. The van der Waals surface area contributed by atoms with Crippen molar-refractivity contribution in [3.05, 3.63) is 62.2 Å². The lowest BCUT2D eigenvalue weighted by Gasteiger charge is -2.07. The van der Waals surface area contributed by atoms with Gasteiger partial charge in [-0.2, -0.15) is 0 Å². The molecule has 0 atom stereocenters. The Hall–Kier alpha value is -2.70. The molecule has 2 N–H and O–H groups in total. The average Bonchev–Trinajstić information content (AvgIpc) is 2.39. The van der Waals surface area contributed by atoms with Gasteiger partial charge < -0.3 is 10.3 Å². The van der Waals surface area contributed by atoms with Gasteiger partial charge in [-0.3, -0.25) is 14.9 Å². The van der Waals surface area contributed by atoms with Crippen LogP contribution in [0.2, 0.25) is 0 Å². The van der Waals surface area contributed by atoms with Crippen molar-refractivity contribution in [1.82, 2.24) is 9.97 Å². The van der Waals surface area contributed by atoms with Crippen LogP contribution in [0.1, 0.15) is 11.1 Å². The van der Waals surface area contributed by atoms with E-state index < -0.39 is 4.92 Å². The largest absolute Gasteiger partial charge is 0.361 e. The summed E-state index contributed by atoms with van der Waals surface area (Å²) in [6, 6.07) is 4.84. The summed E-state index contributed by atoms with van der Waals surface area (Å²) >= 11 is 0. The smallest absolute Gasteiger partial charge is 0.290 e. The Balaban J connectivity index is 2.21. The van der Waals surface area contributed by atoms with Crippen LogP contribution in [0.25, 0.3) is 0 Å². The van der Waals surface area contributed by atoms with Gasteiger partial charge >= 0.3 is 0 Å². The maximum atomic E-state index is 11.4. The molecule has 1 aromatic carbocycles. The molecule has 0 unspecified atom stereocenters. The van der Waals surface area contributed by atoms with Gasteiger partial charge in [-0.25, -0.2) is 4.98 Å². The molecule has 0 saturated carbocycles. The minimum atomic E-state index is -0.424. The van der Waals surface area contributed by atoms with Gasteiger partial charge in [0, 0.05) is 30.6 Å². The van der Waals surface area contributed by atoms with Crippen LogP contribution in [-0.2, 0) is 6.54 Å². The summed E-state index contributed by atoms with van der Waals surface area (Å²) in [5.41, 5.74) is 1.06. The molecule has 0 amide bonds. The first kappa shape index (κ1) is 12.7. The first-order chi connectivity index (χ1) is 9.09. The number of hydrogen-bond donors (Lipinski definition) is 2. The van der Waals surface area contributed by atoms with E-state index in [1.165, 1.54) is 18.5 Å². The zero-order chi connectivity index (χ0) is 13.8. The fourth-order valence-corrected chi connectivity index (χ4v) is 1.72. The number of anilines is 1. The molecule has 0 aliphatic heterocycles. The van der Waals surface area contributed by atoms with E-state index in [-0.39, 0.29) is 17.1 Å². The lowest BCUT2D eigenvalue weighted by Crippen LogP contribution is -2.15. The average molecular weight is 260 g/mol. The summed E-state index contributed by atoms with van der Waals surface area (Å²) in [5, 5.41) is 13.7. The molecule has 0 spiro atoms. The Morgan fingerprint density at radius 3 is 2.95 bits per heavy atom. The second-order valence-electron chi connectivity index (χ2n) is 3.94. The second kappa shape index (κ2) is 5.30. The number of aromatic nitrogens is 2. The van der Waals surface area contributed by atoms with Crippen LogP contribution in [-0.4, -0.2) is 14.9 Å². The predicted molar refractivity (Wildman–Crippen MR) is 70.0 cm³/mol. The minimum absolute atomic E-state index is 0.0641. The van der Waals surface area contributed by atoms with Crippen LogP contribution >= 0.6 is 0 Å². The molecule has 0 fully saturated rings. The minimum Gasteiger partial charge on any atom is -0.361 e. The van der Waals surface area contributed by atoms with E-state index in [9.17, 15) is 14.9 Å². The molecule has 0 aliphatic carbocycles. The van der Waals surface area contributed by atoms with Crippen LogP contribution in [0.4, 0.5) is 11.5 Å². The highest BCUT2D eigenvalue weighted by atomic mass is 16.6. The van der Waals surface area contributed by atoms with Crippen LogP contribution in [0.3, 0.4) is 0 Å². The summed E-state index contributed by atoms with van der Waals surface area (Å²) in [6.07, 6.45) is 2.90. The SMILES string of the molecule is Cc1c(CNc2ncc[nH]c2=O)cccc1[N+](=O)[O-]. The van der Waals surface area contributed by atoms with Gasteiger partial charge in [0.1, 0.15) is 0 Å². The molecule has 0 radical (unpaired) electrons. The highest BCUT2D eigenvalue weighted by Crippen LogP contribution is 2.21. The number of nitro groups is 1. The number of H-pyrrole nitrogens is 1. The first-order valence-electron chi connectivity index (χ1n) is 5.60. The van der Waals surface area contributed by atoms with Crippen molar-refractivity contribution in [3.8, 4) is 0 Å². The molecule has 7 heteroatoms. The number of rotatable bonds is 4. The Bertz CT molecular complexity index is 666. The van der Waals surface area contributed by atoms with Gasteiger partial charge in [0.25, 0.3) is 11.2 Å². The van der Waals surface area contributed by atoms with Crippen molar-refractivity contribution in [2.24, 2.45) is 0 Å². The van der Waals surface area contributed by atoms with E-state index in [1.807, 2.05) is 0 Å². The van der Waals surface area contributed by atoms with E-state index in [1.54, 1.807) is 19.1 Å². The van der Waals surface area contributed by atoms with Gasteiger partial charge in [0.15, 0.2) is 5.82 Å². The van der Waals surface area contributed by atoms with Crippen LogP contribution < -0.4 is 10.9 Å². The number of nitro benzene ring substituents is 1. The molecule has 2 aromatic rings. The lowest BCUT2D eigenvalue weighted by atomic mass is 10.1. The van der Waals surface area contributed by atoms with Crippen LogP contribution in [0.15, 0.2) is 35.4 Å². The topological polar surface area (TPSA) is 101 Å². The number of nitrogens with one attached hydrogen (secondary N) is 2. The van der Waals surface area contributed by atoms with Crippen molar-refractivity contribution >= 4 is 11.5 Å². The maximum Gasteiger partial charge on any atom is 0.290 e. The van der Waals surface area contributed by atoms with E-state index >= 15 is 0 Å². The summed E-state index contributed by atoms with van der Waals surface area (Å²) in [7, 11) is 0. The molecule has 1 heterocycles. The Morgan fingerprint density at radius 1 is 1.47 bits per heavy atom. The lowest BCUT2D eigenvalue weighted by molar-refractivity contribution is -0.385. The Morgan fingerprint density at radius 2 is 2.26 bits per heavy atom. The van der Waals surface area contributed by atoms with E-state index in [0.717, 1.165) is 5.56 Å². The maximum absolute atomic E-state index is 11.4. The van der Waals surface area contributed by atoms with Gasteiger partial charge in [0.05, 0.1) is 4.92 Å². The molecule has 0 saturated heterocycles. The Kier molecular flexibility index (Phi) is 3.56. The van der Waals surface area contributed by atoms with Crippen molar-refractivity contribution < 1.29 is 4.92 Å². The molecule has 0 aliphatic rings. The van der Waals surface area contributed by atoms with Crippen molar-refractivity contribution in [2.75, 3.05) is 5.32 Å². The molecule has 19 heavy (non-hydrogen) atoms. The van der Waals surface area contributed by atoms with Gasteiger partial charge in [0.2, 0.25) is 0 Å². The highest BCUT2D eigenvalue weighted by molar-refractivity contribution is 5.46. The summed E-state index contributed by atoms with van der Waals surface area (Å²) in [5.74, 6) is 0.188. The zero-order valence-corrected chi connectivity index (χ0v) is 10.2. The Labute approximate surface area is 108 Å². The quantitative estimate of drug-likeness (QED) is 0.642. The second-order valence-corrected chi connectivity index (χ2v) is 3.94. The molecular formula is C12H12N4O3. The van der Waals surface area contributed by atoms with E-state index in [4.69, 9.17) is 0 Å². The number of nitrogens with zero attached hydrogens (tertiary/aromatic N) is 2.